The molecule has 1 heterocycles. The maximum atomic E-state index is 9.38. The normalized spacial score (nSPS) is 11.4. The lowest BCUT2D eigenvalue weighted by atomic mass is 10.2. The summed E-state index contributed by atoms with van der Waals surface area (Å²) >= 11 is 0. The van der Waals surface area contributed by atoms with Crippen molar-refractivity contribution in [2.24, 2.45) is 4.99 Å². The van der Waals surface area contributed by atoms with Crippen LogP contribution in [0.25, 0.3) is 11.0 Å². The Morgan fingerprint density at radius 1 is 0.880 bits per heavy atom. The van der Waals surface area contributed by atoms with Gasteiger partial charge in [0.1, 0.15) is 5.75 Å². The zero-order valence-corrected chi connectivity index (χ0v) is 13.6. The van der Waals surface area contributed by atoms with E-state index < -0.39 is 0 Å². The lowest BCUT2D eigenvalue weighted by molar-refractivity contribution is 0.475. The molecule has 0 radical (unpaired) electrons. The molecule has 0 atom stereocenters. The summed E-state index contributed by atoms with van der Waals surface area (Å²) < 4.78 is 2.11. The molecule has 1 aromatic heterocycles. The second kappa shape index (κ2) is 6.61. The van der Waals surface area contributed by atoms with Crippen LogP contribution in [0.3, 0.4) is 0 Å². The number of aliphatic imine (C=N–C) groups is 1. The summed E-state index contributed by atoms with van der Waals surface area (Å²) in [5.74, 6) is 0.909. The Hall–Kier alpha value is -3.40. The highest BCUT2D eigenvalue weighted by molar-refractivity contribution is 5.83. The summed E-state index contributed by atoms with van der Waals surface area (Å²) in [4.78, 5) is 9.24. The van der Waals surface area contributed by atoms with E-state index in [4.69, 9.17) is 0 Å². The molecule has 0 aliphatic heterocycles. The molecule has 0 saturated carbocycles. The Balaban J connectivity index is 1.74. The molecule has 4 nitrogen and oxygen atoms in total. The number of phenolic OH excluding ortho intramolecular Hbond substituents is 1. The Labute approximate surface area is 145 Å². The van der Waals surface area contributed by atoms with Crippen molar-refractivity contribution in [2.75, 3.05) is 0 Å². The van der Waals surface area contributed by atoms with E-state index in [1.165, 1.54) is 5.56 Å². The first-order chi connectivity index (χ1) is 12.3. The molecule has 122 valence electrons. The first-order valence-corrected chi connectivity index (χ1v) is 8.12. The molecule has 0 saturated heterocycles. The topological polar surface area (TPSA) is 50.4 Å². The van der Waals surface area contributed by atoms with Gasteiger partial charge >= 0.3 is 0 Å². The molecule has 4 aromatic rings. The van der Waals surface area contributed by atoms with Gasteiger partial charge in [0.2, 0.25) is 5.95 Å². The van der Waals surface area contributed by atoms with Gasteiger partial charge in [0, 0.05) is 6.21 Å². The van der Waals surface area contributed by atoms with Gasteiger partial charge in [-0.2, -0.15) is 0 Å². The number of hydrogen-bond donors (Lipinski definition) is 1. The SMILES string of the molecule is Oc1ccc(/C=N/c2nc3ccccc3n2Cc2ccccc2)cc1. The first kappa shape index (κ1) is 15.1. The molecule has 0 bridgehead atoms. The van der Waals surface area contributed by atoms with Gasteiger partial charge in [0.25, 0.3) is 0 Å². The molecule has 0 amide bonds. The maximum Gasteiger partial charge on any atom is 0.230 e. The fourth-order valence-corrected chi connectivity index (χ4v) is 2.78. The van der Waals surface area contributed by atoms with Crippen LogP contribution in [0, 0.1) is 0 Å². The van der Waals surface area contributed by atoms with Gasteiger partial charge in [-0.25, -0.2) is 9.98 Å². The molecular weight excluding hydrogens is 310 g/mol. The summed E-state index contributed by atoms with van der Waals surface area (Å²) in [5.41, 5.74) is 4.10. The van der Waals surface area contributed by atoms with Gasteiger partial charge < -0.3 is 9.67 Å². The molecule has 3 aromatic carbocycles. The third-order valence-electron chi connectivity index (χ3n) is 4.04. The predicted octanol–water partition coefficient (Wildman–Crippen LogP) is 4.54. The van der Waals surface area contributed by atoms with Crippen LogP contribution in [-0.4, -0.2) is 20.9 Å². The van der Waals surface area contributed by atoms with E-state index in [0.717, 1.165) is 16.6 Å². The molecular formula is C21H17N3O. The van der Waals surface area contributed by atoms with Crippen LogP contribution in [-0.2, 0) is 6.54 Å². The van der Waals surface area contributed by atoms with Crippen LogP contribution < -0.4 is 0 Å². The fourth-order valence-electron chi connectivity index (χ4n) is 2.78. The molecule has 0 spiro atoms. The molecule has 0 aliphatic carbocycles. The highest BCUT2D eigenvalue weighted by Crippen LogP contribution is 2.23. The number of rotatable bonds is 4. The van der Waals surface area contributed by atoms with Gasteiger partial charge in [-0.1, -0.05) is 42.5 Å². The lowest BCUT2D eigenvalue weighted by Gasteiger charge is -2.06. The van der Waals surface area contributed by atoms with E-state index in [0.29, 0.717) is 12.5 Å². The van der Waals surface area contributed by atoms with Crippen LogP contribution in [0.5, 0.6) is 5.75 Å². The van der Waals surface area contributed by atoms with Crippen molar-refractivity contribution in [3.05, 3.63) is 90.0 Å². The van der Waals surface area contributed by atoms with E-state index in [-0.39, 0.29) is 5.75 Å². The number of aromatic hydroxyl groups is 1. The minimum absolute atomic E-state index is 0.244. The van der Waals surface area contributed by atoms with Crippen molar-refractivity contribution in [1.82, 2.24) is 9.55 Å². The van der Waals surface area contributed by atoms with E-state index >= 15 is 0 Å². The number of hydrogen-bond acceptors (Lipinski definition) is 3. The largest absolute Gasteiger partial charge is 0.508 e. The summed E-state index contributed by atoms with van der Waals surface area (Å²) in [7, 11) is 0. The summed E-state index contributed by atoms with van der Waals surface area (Å²) in [6, 6.07) is 25.3. The second-order valence-corrected chi connectivity index (χ2v) is 5.82. The standard InChI is InChI=1S/C21H17N3O/c25-18-12-10-16(11-13-18)14-22-21-23-19-8-4-5-9-20(19)24(21)15-17-6-2-1-3-7-17/h1-14,25H,15H2/b22-14+. The number of phenols is 1. The van der Waals surface area contributed by atoms with Crippen molar-refractivity contribution >= 4 is 23.2 Å². The molecule has 4 heteroatoms. The van der Waals surface area contributed by atoms with E-state index in [1.807, 2.05) is 48.5 Å². The van der Waals surface area contributed by atoms with E-state index in [9.17, 15) is 5.11 Å². The number of fused-ring (bicyclic) bond motifs is 1. The number of aromatic nitrogens is 2. The number of benzene rings is 3. The molecule has 0 fully saturated rings. The molecule has 25 heavy (non-hydrogen) atoms. The van der Waals surface area contributed by atoms with Gasteiger partial charge in [-0.3, -0.25) is 0 Å². The van der Waals surface area contributed by atoms with Crippen LogP contribution in [0.1, 0.15) is 11.1 Å². The van der Waals surface area contributed by atoms with Crippen LogP contribution >= 0.6 is 0 Å². The zero-order chi connectivity index (χ0) is 17.1. The third kappa shape index (κ3) is 3.28. The summed E-state index contributed by atoms with van der Waals surface area (Å²) in [5, 5.41) is 9.38. The zero-order valence-electron chi connectivity index (χ0n) is 13.6. The Morgan fingerprint density at radius 3 is 2.40 bits per heavy atom. The highest BCUT2D eigenvalue weighted by Gasteiger charge is 2.09. The van der Waals surface area contributed by atoms with Crippen LogP contribution in [0.15, 0.2) is 83.9 Å². The van der Waals surface area contributed by atoms with Gasteiger partial charge in [-0.15, -0.1) is 0 Å². The van der Waals surface area contributed by atoms with Crippen LogP contribution in [0.4, 0.5) is 5.95 Å². The van der Waals surface area contributed by atoms with E-state index in [1.54, 1.807) is 18.3 Å². The van der Waals surface area contributed by atoms with Crippen molar-refractivity contribution in [3.8, 4) is 5.75 Å². The minimum Gasteiger partial charge on any atom is -0.508 e. The van der Waals surface area contributed by atoms with Crippen molar-refractivity contribution < 1.29 is 5.11 Å². The third-order valence-corrected chi connectivity index (χ3v) is 4.04. The van der Waals surface area contributed by atoms with Gasteiger partial charge in [-0.05, 0) is 47.5 Å². The van der Waals surface area contributed by atoms with Crippen LogP contribution in [0.2, 0.25) is 0 Å². The Kier molecular flexibility index (Phi) is 4.01. The average molecular weight is 327 g/mol. The fraction of sp³-hybridized carbons (Fsp3) is 0.0476. The Bertz CT molecular complexity index is 1020. The van der Waals surface area contributed by atoms with Gasteiger partial charge in [0.05, 0.1) is 17.6 Å². The Morgan fingerprint density at radius 2 is 1.60 bits per heavy atom. The van der Waals surface area contributed by atoms with Gasteiger partial charge in [0.15, 0.2) is 0 Å². The molecule has 0 aliphatic rings. The number of para-hydroxylation sites is 2. The summed E-state index contributed by atoms with van der Waals surface area (Å²) in [6.07, 6.45) is 1.77. The predicted molar refractivity (Wildman–Crippen MR) is 101 cm³/mol. The van der Waals surface area contributed by atoms with Crippen molar-refractivity contribution in [1.29, 1.82) is 0 Å². The smallest absolute Gasteiger partial charge is 0.230 e. The van der Waals surface area contributed by atoms with Crippen molar-refractivity contribution in [2.45, 2.75) is 6.54 Å². The quantitative estimate of drug-likeness (QED) is 0.559. The highest BCUT2D eigenvalue weighted by atomic mass is 16.3. The summed E-state index contributed by atoms with van der Waals surface area (Å²) in [6.45, 7) is 0.712. The first-order valence-electron chi connectivity index (χ1n) is 8.12. The van der Waals surface area contributed by atoms with Crippen molar-refractivity contribution in [3.63, 3.8) is 0 Å². The number of nitrogens with zero attached hydrogens (tertiary/aromatic N) is 3. The van der Waals surface area contributed by atoms with E-state index in [2.05, 4.69) is 32.7 Å². The maximum absolute atomic E-state index is 9.38. The molecule has 4 rings (SSSR count). The molecule has 1 N–H and O–H groups in total. The minimum atomic E-state index is 0.244. The second-order valence-electron chi connectivity index (χ2n) is 5.82. The monoisotopic (exact) mass is 327 g/mol. The average Bonchev–Trinajstić information content (AvgIpc) is 3.00. The number of imidazole rings is 1. The lowest BCUT2D eigenvalue weighted by Crippen LogP contribution is -1.99. The molecule has 0 unspecified atom stereocenters.